The Morgan fingerprint density at radius 3 is 2.88 bits per heavy atom. The largest absolute Gasteiger partial charge is 0.361 e. The lowest BCUT2D eigenvalue weighted by Crippen LogP contribution is -2.45. The average molecular weight is 231 g/mol. The van der Waals surface area contributed by atoms with E-state index in [-0.39, 0.29) is 5.91 Å². The number of carbonyl (C=O) groups is 1. The van der Waals surface area contributed by atoms with Crippen LogP contribution in [-0.2, 0) is 4.79 Å². The van der Waals surface area contributed by atoms with E-state index in [0.29, 0.717) is 6.54 Å². The molecular weight excluding hydrogens is 214 g/mol. The van der Waals surface area contributed by atoms with E-state index in [9.17, 15) is 4.79 Å². The molecule has 4 heteroatoms. The van der Waals surface area contributed by atoms with Gasteiger partial charge in [-0.1, -0.05) is 12.1 Å². The van der Waals surface area contributed by atoms with E-state index in [4.69, 9.17) is 0 Å². The summed E-state index contributed by atoms with van der Waals surface area (Å²) in [5.74, 6) is 0.877. The van der Waals surface area contributed by atoms with Gasteiger partial charge >= 0.3 is 0 Å². The number of fused-ring (bicyclic) bond motifs is 1. The van der Waals surface area contributed by atoms with Crippen LogP contribution in [0.4, 0.5) is 11.4 Å². The minimum Gasteiger partial charge on any atom is -0.361 e. The predicted octanol–water partition coefficient (Wildman–Crippen LogP) is 1.05. The van der Waals surface area contributed by atoms with Crippen molar-refractivity contribution < 1.29 is 4.79 Å². The zero-order valence-electron chi connectivity index (χ0n) is 9.78. The molecule has 3 rings (SSSR count). The molecular formula is C13H17N3O. The van der Waals surface area contributed by atoms with Crippen molar-refractivity contribution in [2.24, 2.45) is 5.92 Å². The van der Waals surface area contributed by atoms with Crippen molar-refractivity contribution in [1.29, 1.82) is 0 Å². The second kappa shape index (κ2) is 4.37. The van der Waals surface area contributed by atoms with Crippen LogP contribution >= 0.6 is 0 Å². The van der Waals surface area contributed by atoms with Crippen LogP contribution in [0.2, 0.25) is 0 Å². The summed E-state index contributed by atoms with van der Waals surface area (Å²) in [7, 11) is 0. The molecule has 2 N–H and O–H groups in total. The second-order valence-electron chi connectivity index (χ2n) is 4.80. The number of para-hydroxylation sites is 2. The van der Waals surface area contributed by atoms with Crippen LogP contribution in [0.25, 0.3) is 0 Å². The number of hydrogen-bond donors (Lipinski definition) is 2. The molecule has 0 atom stereocenters. The van der Waals surface area contributed by atoms with Crippen LogP contribution in [0.15, 0.2) is 24.3 Å². The van der Waals surface area contributed by atoms with Gasteiger partial charge in [-0.3, -0.25) is 4.79 Å². The molecule has 0 bridgehead atoms. The number of nitrogens with one attached hydrogen (secondary N) is 2. The van der Waals surface area contributed by atoms with Gasteiger partial charge in [0, 0.05) is 6.54 Å². The van der Waals surface area contributed by atoms with Crippen molar-refractivity contribution in [1.82, 2.24) is 5.32 Å². The monoisotopic (exact) mass is 231 g/mol. The van der Waals surface area contributed by atoms with Gasteiger partial charge in [0.2, 0.25) is 5.91 Å². The molecule has 1 aromatic carbocycles. The van der Waals surface area contributed by atoms with E-state index in [2.05, 4.69) is 21.6 Å². The van der Waals surface area contributed by atoms with Crippen molar-refractivity contribution in [2.45, 2.75) is 6.42 Å². The number of hydrogen-bond acceptors (Lipinski definition) is 3. The number of benzene rings is 1. The quantitative estimate of drug-likeness (QED) is 0.817. The van der Waals surface area contributed by atoms with Crippen LogP contribution in [0.3, 0.4) is 0 Å². The highest BCUT2D eigenvalue weighted by atomic mass is 16.2. The Balaban J connectivity index is 1.72. The molecule has 0 unspecified atom stereocenters. The summed E-state index contributed by atoms with van der Waals surface area (Å²) >= 11 is 0. The minimum absolute atomic E-state index is 0.0930. The standard InChI is InChI=1S/C13H17N3O/c17-13-9-16(6-5-10-7-14-8-10)12-4-2-1-3-11(12)15-13/h1-4,10,14H,5-9H2,(H,15,17). The number of rotatable bonds is 3. The smallest absolute Gasteiger partial charge is 0.243 e. The van der Waals surface area contributed by atoms with E-state index in [1.165, 1.54) is 0 Å². The molecule has 1 saturated heterocycles. The minimum atomic E-state index is 0.0930. The zero-order valence-corrected chi connectivity index (χ0v) is 9.78. The molecule has 1 fully saturated rings. The van der Waals surface area contributed by atoms with E-state index < -0.39 is 0 Å². The van der Waals surface area contributed by atoms with Crippen LogP contribution < -0.4 is 15.5 Å². The number of amides is 1. The highest BCUT2D eigenvalue weighted by Gasteiger charge is 2.23. The molecule has 1 amide bonds. The average Bonchev–Trinajstić information content (AvgIpc) is 2.26. The fraction of sp³-hybridized carbons (Fsp3) is 0.462. The van der Waals surface area contributed by atoms with Gasteiger partial charge in [-0.05, 0) is 37.6 Å². The van der Waals surface area contributed by atoms with E-state index >= 15 is 0 Å². The van der Waals surface area contributed by atoms with Gasteiger partial charge in [-0.15, -0.1) is 0 Å². The van der Waals surface area contributed by atoms with Gasteiger partial charge in [0.05, 0.1) is 17.9 Å². The van der Waals surface area contributed by atoms with E-state index in [1.807, 2.05) is 18.2 Å². The third-order valence-electron chi connectivity index (χ3n) is 3.53. The summed E-state index contributed by atoms with van der Waals surface area (Å²) in [5, 5.41) is 6.19. The van der Waals surface area contributed by atoms with Crippen molar-refractivity contribution in [3.63, 3.8) is 0 Å². The molecule has 2 aliphatic heterocycles. The Morgan fingerprint density at radius 2 is 2.12 bits per heavy atom. The Labute approximate surface area is 101 Å². The Kier molecular flexibility index (Phi) is 2.73. The molecule has 2 heterocycles. The van der Waals surface area contributed by atoms with Gasteiger partial charge in [-0.2, -0.15) is 0 Å². The van der Waals surface area contributed by atoms with Gasteiger partial charge < -0.3 is 15.5 Å². The maximum absolute atomic E-state index is 11.6. The third kappa shape index (κ3) is 2.13. The summed E-state index contributed by atoms with van der Waals surface area (Å²) in [4.78, 5) is 13.8. The molecule has 0 aliphatic carbocycles. The molecule has 4 nitrogen and oxygen atoms in total. The SMILES string of the molecule is O=C1CN(CCC2CNC2)c2ccccc2N1. The molecule has 0 saturated carbocycles. The van der Waals surface area contributed by atoms with Crippen LogP contribution in [-0.4, -0.2) is 32.1 Å². The molecule has 90 valence electrons. The summed E-state index contributed by atoms with van der Waals surface area (Å²) in [6.45, 7) is 3.71. The lowest BCUT2D eigenvalue weighted by Gasteiger charge is -2.34. The number of anilines is 2. The van der Waals surface area contributed by atoms with Crippen LogP contribution in [0.1, 0.15) is 6.42 Å². The fourth-order valence-corrected chi connectivity index (χ4v) is 2.39. The van der Waals surface area contributed by atoms with Crippen molar-refractivity contribution >= 4 is 17.3 Å². The maximum atomic E-state index is 11.6. The summed E-state index contributed by atoms with van der Waals surface area (Å²) in [6, 6.07) is 8.02. The van der Waals surface area contributed by atoms with Gasteiger partial charge in [0.25, 0.3) is 0 Å². The first-order valence-corrected chi connectivity index (χ1v) is 6.17. The van der Waals surface area contributed by atoms with Crippen LogP contribution in [0, 0.1) is 5.92 Å². The highest BCUT2D eigenvalue weighted by Crippen LogP contribution is 2.29. The Morgan fingerprint density at radius 1 is 1.29 bits per heavy atom. The maximum Gasteiger partial charge on any atom is 0.243 e. The lowest BCUT2D eigenvalue weighted by molar-refractivity contribution is -0.115. The first-order valence-electron chi connectivity index (χ1n) is 6.17. The molecule has 0 aromatic heterocycles. The van der Waals surface area contributed by atoms with E-state index in [1.54, 1.807) is 0 Å². The summed E-state index contributed by atoms with van der Waals surface area (Å²) < 4.78 is 0. The summed E-state index contributed by atoms with van der Waals surface area (Å²) in [6.07, 6.45) is 1.16. The molecule has 17 heavy (non-hydrogen) atoms. The van der Waals surface area contributed by atoms with Crippen LogP contribution in [0.5, 0.6) is 0 Å². The Hall–Kier alpha value is -1.55. The van der Waals surface area contributed by atoms with Crippen molar-refractivity contribution in [2.75, 3.05) is 36.4 Å². The van der Waals surface area contributed by atoms with E-state index in [0.717, 1.165) is 43.3 Å². The predicted molar refractivity (Wildman–Crippen MR) is 68.3 cm³/mol. The van der Waals surface area contributed by atoms with Crippen molar-refractivity contribution in [3.05, 3.63) is 24.3 Å². The molecule has 0 spiro atoms. The van der Waals surface area contributed by atoms with Gasteiger partial charge in [-0.25, -0.2) is 0 Å². The first-order chi connectivity index (χ1) is 8.33. The lowest BCUT2D eigenvalue weighted by atomic mass is 9.99. The second-order valence-corrected chi connectivity index (χ2v) is 4.80. The number of nitrogens with zero attached hydrogens (tertiary/aromatic N) is 1. The number of carbonyl (C=O) groups excluding carboxylic acids is 1. The first kappa shape index (κ1) is 10.6. The van der Waals surface area contributed by atoms with Gasteiger partial charge in [0.1, 0.15) is 0 Å². The topological polar surface area (TPSA) is 44.4 Å². The van der Waals surface area contributed by atoms with Gasteiger partial charge in [0.15, 0.2) is 0 Å². The van der Waals surface area contributed by atoms with Crippen molar-refractivity contribution in [3.8, 4) is 0 Å². The summed E-state index contributed by atoms with van der Waals surface area (Å²) in [5.41, 5.74) is 2.09. The molecule has 0 radical (unpaired) electrons. The highest BCUT2D eigenvalue weighted by molar-refractivity contribution is 6.01. The normalized spacial score (nSPS) is 19.5. The Bertz CT molecular complexity index is 428. The molecule has 2 aliphatic rings. The third-order valence-corrected chi connectivity index (χ3v) is 3.53. The molecule has 1 aromatic rings. The fourth-order valence-electron chi connectivity index (χ4n) is 2.39. The zero-order chi connectivity index (χ0) is 11.7.